The lowest BCUT2D eigenvalue weighted by molar-refractivity contribution is -0.107. The molecule has 1 fully saturated rings. The number of carbonyl (C=O) groups excluding carboxylic acids is 2. The molecule has 0 saturated carbocycles. The van der Waals surface area contributed by atoms with Gasteiger partial charge in [0.1, 0.15) is 6.29 Å². The van der Waals surface area contributed by atoms with Crippen molar-refractivity contribution in [3.8, 4) is 0 Å². The van der Waals surface area contributed by atoms with Crippen LogP contribution < -0.4 is 5.32 Å². The van der Waals surface area contributed by atoms with E-state index in [1.165, 1.54) is 6.42 Å². The molecule has 0 aliphatic carbocycles. The van der Waals surface area contributed by atoms with Gasteiger partial charge in [-0.15, -0.1) is 0 Å². The van der Waals surface area contributed by atoms with Crippen LogP contribution in [0.15, 0.2) is 0 Å². The van der Waals surface area contributed by atoms with Crippen molar-refractivity contribution in [1.82, 2.24) is 10.2 Å². The molecule has 4 heteroatoms. The molecule has 2 amide bonds. The highest BCUT2D eigenvalue weighted by atomic mass is 16.2. The number of nitrogens with one attached hydrogen (secondary N) is 1. The Labute approximate surface area is 84.7 Å². The molecule has 1 rings (SSSR count). The standard InChI is InChI=1S/C10H18N2O2/c13-9-5-2-6-11-10(14)12-7-3-1-4-8-12/h9H,1-8H2,(H,11,14). The summed E-state index contributed by atoms with van der Waals surface area (Å²) >= 11 is 0. The topological polar surface area (TPSA) is 49.4 Å². The van der Waals surface area contributed by atoms with E-state index in [0.29, 0.717) is 13.0 Å². The molecule has 1 heterocycles. The number of hydrogen-bond donors (Lipinski definition) is 1. The highest BCUT2D eigenvalue weighted by Gasteiger charge is 2.14. The summed E-state index contributed by atoms with van der Waals surface area (Å²) in [6.45, 7) is 2.35. The average Bonchev–Trinajstić information content (AvgIpc) is 2.25. The number of amides is 2. The molecule has 0 bridgehead atoms. The Morgan fingerprint density at radius 3 is 2.64 bits per heavy atom. The fraction of sp³-hybridized carbons (Fsp3) is 0.800. The molecule has 1 saturated heterocycles. The van der Waals surface area contributed by atoms with Crippen LogP contribution in [0.4, 0.5) is 4.79 Å². The van der Waals surface area contributed by atoms with E-state index in [4.69, 9.17) is 0 Å². The minimum absolute atomic E-state index is 0.0237. The maximum absolute atomic E-state index is 11.5. The van der Waals surface area contributed by atoms with Crippen molar-refractivity contribution in [2.75, 3.05) is 19.6 Å². The number of likely N-dealkylation sites (tertiary alicyclic amines) is 1. The van der Waals surface area contributed by atoms with Gasteiger partial charge in [0.25, 0.3) is 0 Å². The van der Waals surface area contributed by atoms with Gasteiger partial charge in [0.15, 0.2) is 0 Å². The van der Waals surface area contributed by atoms with Gasteiger partial charge in [0.2, 0.25) is 0 Å². The van der Waals surface area contributed by atoms with E-state index in [1.807, 2.05) is 4.90 Å². The Bertz CT molecular complexity index is 189. The van der Waals surface area contributed by atoms with Gasteiger partial charge in [0, 0.05) is 26.1 Å². The maximum Gasteiger partial charge on any atom is 0.317 e. The minimum atomic E-state index is 0.0237. The van der Waals surface area contributed by atoms with Crippen molar-refractivity contribution in [1.29, 1.82) is 0 Å². The monoisotopic (exact) mass is 198 g/mol. The Morgan fingerprint density at radius 1 is 1.29 bits per heavy atom. The molecule has 0 aromatic carbocycles. The molecule has 0 unspecified atom stereocenters. The number of rotatable bonds is 4. The van der Waals surface area contributed by atoms with Crippen LogP contribution in [0.5, 0.6) is 0 Å². The van der Waals surface area contributed by atoms with Gasteiger partial charge in [-0.05, 0) is 25.7 Å². The smallest absolute Gasteiger partial charge is 0.317 e. The minimum Gasteiger partial charge on any atom is -0.338 e. The number of aldehydes is 1. The molecule has 1 aliphatic heterocycles. The Hall–Kier alpha value is -1.06. The van der Waals surface area contributed by atoms with Crippen LogP contribution in [0.3, 0.4) is 0 Å². The summed E-state index contributed by atoms with van der Waals surface area (Å²) in [5, 5.41) is 2.82. The van der Waals surface area contributed by atoms with Crippen LogP contribution in [0.1, 0.15) is 32.1 Å². The van der Waals surface area contributed by atoms with E-state index in [-0.39, 0.29) is 6.03 Å². The predicted molar refractivity (Wildman–Crippen MR) is 54.1 cm³/mol. The Morgan fingerprint density at radius 2 is 2.00 bits per heavy atom. The van der Waals surface area contributed by atoms with Crippen molar-refractivity contribution >= 4 is 12.3 Å². The summed E-state index contributed by atoms with van der Waals surface area (Å²) in [4.78, 5) is 23.4. The number of piperidine rings is 1. The lowest BCUT2D eigenvalue weighted by Crippen LogP contribution is -2.43. The van der Waals surface area contributed by atoms with Gasteiger partial charge in [-0.3, -0.25) is 0 Å². The molecule has 0 aromatic heterocycles. The third kappa shape index (κ3) is 3.77. The highest BCUT2D eigenvalue weighted by Crippen LogP contribution is 2.08. The van der Waals surface area contributed by atoms with E-state index >= 15 is 0 Å². The van der Waals surface area contributed by atoms with Crippen molar-refractivity contribution in [2.45, 2.75) is 32.1 Å². The van der Waals surface area contributed by atoms with Crippen molar-refractivity contribution in [2.24, 2.45) is 0 Å². The fourth-order valence-electron chi connectivity index (χ4n) is 1.59. The zero-order chi connectivity index (χ0) is 10.2. The molecule has 0 spiro atoms. The number of nitrogens with zero attached hydrogens (tertiary/aromatic N) is 1. The molecule has 0 radical (unpaired) electrons. The van der Waals surface area contributed by atoms with E-state index in [2.05, 4.69) is 5.32 Å². The van der Waals surface area contributed by atoms with Crippen LogP contribution in [0, 0.1) is 0 Å². The van der Waals surface area contributed by atoms with E-state index in [1.54, 1.807) is 0 Å². The Balaban J connectivity index is 2.10. The third-order valence-electron chi connectivity index (χ3n) is 2.42. The Kier molecular flexibility index (Phi) is 5.04. The van der Waals surface area contributed by atoms with Crippen LogP contribution in [0.2, 0.25) is 0 Å². The summed E-state index contributed by atoms with van der Waals surface area (Å²) in [7, 11) is 0. The summed E-state index contributed by atoms with van der Waals surface area (Å²) < 4.78 is 0. The third-order valence-corrected chi connectivity index (χ3v) is 2.42. The normalized spacial score (nSPS) is 16.4. The number of unbranched alkanes of at least 4 members (excludes halogenated alkanes) is 1. The largest absolute Gasteiger partial charge is 0.338 e. The first kappa shape index (κ1) is 11.0. The highest BCUT2D eigenvalue weighted by molar-refractivity contribution is 5.74. The first-order valence-electron chi connectivity index (χ1n) is 5.31. The van der Waals surface area contributed by atoms with Gasteiger partial charge in [-0.25, -0.2) is 4.79 Å². The second-order valence-corrected chi connectivity index (χ2v) is 3.59. The molecule has 1 aliphatic rings. The van der Waals surface area contributed by atoms with Crippen LogP contribution >= 0.6 is 0 Å². The second kappa shape index (κ2) is 6.40. The molecular formula is C10H18N2O2. The van der Waals surface area contributed by atoms with Crippen LogP contribution in [-0.4, -0.2) is 36.9 Å². The van der Waals surface area contributed by atoms with Crippen molar-refractivity contribution in [3.05, 3.63) is 0 Å². The summed E-state index contributed by atoms with van der Waals surface area (Å²) in [6.07, 6.45) is 5.61. The first-order valence-corrected chi connectivity index (χ1v) is 5.31. The van der Waals surface area contributed by atoms with Gasteiger partial charge in [-0.1, -0.05) is 0 Å². The molecule has 80 valence electrons. The quantitative estimate of drug-likeness (QED) is 0.544. The fourth-order valence-corrected chi connectivity index (χ4v) is 1.59. The molecular weight excluding hydrogens is 180 g/mol. The van der Waals surface area contributed by atoms with Crippen LogP contribution in [-0.2, 0) is 4.79 Å². The van der Waals surface area contributed by atoms with Crippen molar-refractivity contribution in [3.63, 3.8) is 0 Å². The molecule has 1 N–H and O–H groups in total. The van der Waals surface area contributed by atoms with E-state index < -0.39 is 0 Å². The number of carbonyl (C=O) groups is 2. The molecule has 4 nitrogen and oxygen atoms in total. The van der Waals surface area contributed by atoms with Gasteiger partial charge >= 0.3 is 6.03 Å². The van der Waals surface area contributed by atoms with Gasteiger partial charge in [-0.2, -0.15) is 0 Å². The van der Waals surface area contributed by atoms with Crippen LogP contribution in [0.25, 0.3) is 0 Å². The second-order valence-electron chi connectivity index (χ2n) is 3.59. The lowest BCUT2D eigenvalue weighted by atomic mass is 10.1. The van der Waals surface area contributed by atoms with Gasteiger partial charge in [0.05, 0.1) is 0 Å². The first-order chi connectivity index (χ1) is 6.84. The maximum atomic E-state index is 11.5. The molecule has 0 aromatic rings. The number of hydrogen-bond acceptors (Lipinski definition) is 2. The summed E-state index contributed by atoms with van der Waals surface area (Å²) in [5.41, 5.74) is 0. The SMILES string of the molecule is O=CCCCNC(=O)N1CCCCC1. The zero-order valence-corrected chi connectivity index (χ0v) is 8.50. The molecule has 14 heavy (non-hydrogen) atoms. The van der Waals surface area contributed by atoms with Gasteiger partial charge < -0.3 is 15.0 Å². The molecule has 0 atom stereocenters. The lowest BCUT2D eigenvalue weighted by Gasteiger charge is -2.26. The zero-order valence-electron chi connectivity index (χ0n) is 8.50. The summed E-state index contributed by atoms with van der Waals surface area (Å²) in [6, 6.07) is 0.0237. The van der Waals surface area contributed by atoms with Crippen molar-refractivity contribution < 1.29 is 9.59 Å². The number of urea groups is 1. The summed E-state index contributed by atoms with van der Waals surface area (Å²) in [5.74, 6) is 0. The van der Waals surface area contributed by atoms with E-state index in [0.717, 1.165) is 38.6 Å². The predicted octanol–water partition coefficient (Wildman–Crippen LogP) is 1.16. The average molecular weight is 198 g/mol. The van der Waals surface area contributed by atoms with E-state index in [9.17, 15) is 9.59 Å².